The Kier molecular flexibility index (Phi) is 3.45. The zero-order chi connectivity index (χ0) is 14.8. The summed E-state index contributed by atoms with van der Waals surface area (Å²) in [4.78, 5) is 0. The van der Waals surface area contributed by atoms with Gasteiger partial charge >= 0.3 is 0 Å². The summed E-state index contributed by atoms with van der Waals surface area (Å²) in [5.41, 5.74) is 7.75. The number of rotatable bonds is 3. The van der Waals surface area contributed by atoms with Gasteiger partial charge in [0.25, 0.3) is 0 Å². The van der Waals surface area contributed by atoms with Crippen molar-refractivity contribution in [3.8, 4) is 22.8 Å². The molecule has 0 spiro atoms. The molecule has 0 aliphatic heterocycles. The van der Waals surface area contributed by atoms with E-state index in [1.807, 2.05) is 30.3 Å². The van der Waals surface area contributed by atoms with Crippen LogP contribution in [0, 0.1) is 0 Å². The standard InChI is InChI=1S/C14H12ClN5O/c1-21-10-5-2-4-9(8-10)20-14(17-18-19-20)11-6-3-7-12(16)13(11)15/h2-8H,16H2,1H3. The van der Waals surface area contributed by atoms with Crippen molar-refractivity contribution in [3.05, 3.63) is 47.5 Å². The third-order valence-corrected chi connectivity index (χ3v) is 3.46. The van der Waals surface area contributed by atoms with Crippen molar-refractivity contribution in [3.63, 3.8) is 0 Å². The molecule has 0 atom stereocenters. The average molecular weight is 302 g/mol. The van der Waals surface area contributed by atoms with Crippen molar-refractivity contribution in [1.29, 1.82) is 0 Å². The minimum absolute atomic E-state index is 0.427. The second-order valence-corrected chi connectivity index (χ2v) is 4.70. The monoisotopic (exact) mass is 301 g/mol. The van der Waals surface area contributed by atoms with Crippen LogP contribution in [0.3, 0.4) is 0 Å². The maximum absolute atomic E-state index is 6.24. The van der Waals surface area contributed by atoms with Crippen LogP contribution < -0.4 is 10.5 Å². The Hall–Kier alpha value is -2.60. The van der Waals surface area contributed by atoms with Crippen LogP contribution in [0.1, 0.15) is 0 Å². The summed E-state index contributed by atoms with van der Waals surface area (Å²) in [7, 11) is 1.61. The fourth-order valence-electron chi connectivity index (χ4n) is 1.99. The van der Waals surface area contributed by atoms with Crippen LogP contribution in [-0.4, -0.2) is 27.3 Å². The van der Waals surface area contributed by atoms with E-state index in [1.54, 1.807) is 23.9 Å². The number of halogens is 1. The first-order valence-corrected chi connectivity index (χ1v) is 6.55. The molecule has 2 aromatic carbocycles. The first-order chi connectivity index (χ1) is 10.2. The number of tetrazole rings is 1. The molecule has 0 aliphatic carbocycles. The number of nitrogen functional groups attached to an aromatic ring is 1. The summed E-state index contributed by atoms with van der Waals surface area (Å²) in [6, 6.07) is 12.8. The number of nitrogens with two attached hydrogens (primary N) is 1. The van der Waals surface area contributed by atoms with Crippen LogP contribution in [0.15, 0.2) is 42.5 Å². The maximum atomic E-state index is 6.24. The van der Waals surface area contributed by atoms with Crippen molar-refractivity contribution < 1.29 is 4.74 Å². The lowest BCUT2D eigenvalue weighted by atomic mass is 10.2. The summed E-state index contributed by atoms with van der Waals surface area (Å²) in [5, 5.41) is 12.2. The molecule has 3 rings (SSSR count). The van der Waals surface area contributed by atoms with Gasteiger partial charge < -0.3 is 10.5 Å². The fourth-order valence-corrected chi connectivity index (χ4v) is 2.20. The molecule has 7 heteroatoms. The molecule has 106 valence electrons. The topological polar surface area (TPSA) is 78.8 Å². The largest absolute Gasteiger partial charge is 0.497 e. The van der Waals surface area contributed by atoms with Crippen molar-refractivity contribution in [2.24, 2.45) is 0 Å². The number of benzene rings is 2. The molecule has 2 N–H and O–H groups in total. The van der Waals surface area contributed by atoms with Gasteiger partial charge in [0.2, 0.25) is 0 Å². The lowest BCUT2D eigenvalue weighted by Gasteiger charge is -2.08. The van der Waals surface area contributed by atoms with Gasteiger partial charge in [-0.1, -0.05) is 23.7 Å². The van der Waals surface area contributed by atoms with E-state index in [2.05, 4.69) is 15.5 Å². The van der Waals surface area contributed by atoms with E-state index < -0.39 is 0 Å². The highest BCUT2D eigenvalue weighted by Crippen LogP contribution is 2.31. The van der Waals surface area contributed by atoms with Crippen LogP contribution in [0.5, 0.6) is 5.75 Å². The molecule has 1 heterocycles. The second-order valence-electron chi connectivity index (χ2n) is 4.32. The summed E-state index contributed by atoms with van der Waals surface area (Å²) < 4.78 is 6.80. The quantitative estimate of drug-likeness (QED) is 0.752. The Morgan fingerprint density at radius 3 is 2.81 bits per heavy atom. The van der Waals surface area contributed by atoms with E-state index in [4.69, 9.17) is 22.1 Å². The molecule has 0 amide bonds. The summed E-state index contributed by atoms with van der Waals surface area (Å²) in [6.07, 6.45) is 0. The minimum Gasteiger partial charge on any atom is -0.497 e. The highest BCUT2D eigenvalue weighted by atomic mass is 35.5. The first-order valence-electron chi connectivity index (χ1n) is 6.18. The summed E-state index contributed by atoms with van der Waals surface area (Å²) in [6.45, 7) is 0. The van der Waals surface area contributed by atoms with Crippen LogP contribution in [0.2, 0.25) is 5.02 Å². The number of hydrogen-bond donors (Lipinski definition) is 1. The van der Waals surface area contributed by atoms with Crippen molar-refractivity contribution >= 4 is 17.3 Å². The number of aromatic nitrogens is 4. The Morgan fingerprint density at radius 2 is 2.00 bits per heavy atom. The van der Waals surface area contributed by atoms with E-state index in [9.17, 15) is 0 Å². The third kappa shape index (κ3) is 2.41. The van der Waals surface area contributed by atoms with E-state index in [-0.39, 0.29) is 0 Å². The van der Waals surface area contributed by atoms with E-state index >= 15 is 0 Å². The maximum Gasteiger partial charge on any atom is 0.188 e. The fraction of sp³-hybridized carbons (Fsp3) is 0.0714. The van der Waals surface area contributed by atoms with Gasteiger partial charge in [0.1, 0.15) is 5.75 Å². The van der Waals surface area contributed by atoms with Gasteiger partial charge in [-0.25, -0.2) is 0 Å². The predicted molar refractivity (Wildman–Crippen MR) is 80.6 cm³/mol. The van der Waals surface area contributed by atoms with Crippen LogP contribution >= 0.6 is 11.6 Å². The molecule has 1 aromatic heterocycles. The Bertz CT molecular complexity index is 787. The second kappa shape index (κ2) is 5.41. The highest BCUT2D eigenvalue weighted by Gasteiger charge is 2.15. The van der Waals surface area contributed by atoms with Gasteiger partial charge in [-0.2, -0.15) is 4.68 Å². The molecule has 0 saturated carbocycles. The summed E-state index contributed by atoms with van der Waals surface area (Å²) >= 11 is 6.24. The zero-order valence-corrected chi connectivity index (χ0v) is 11.9. The van der Waals surface area contributed by atoms with E-state index in [1.165, 1.54) is 0 Å². The van der Waals surface area contributed by atoms with Gasteiger partial charge in [0, 0.05) is 11.6 Å². The number of ether oxygens (including phenoxy) is 1. The Balaban J connectivity index is 2.15. The molecule has 3 aromatic rings. The Labute approximate surface area is 126 Å². The summed E-state index contributed by atoms with van der Waals surface area (Å²) in [5.74, 6) is 1.23. The predicted octanol–water partition coefficient (Wildman–Crippen LogP) is 2.57. The van der Waals surface area contributed by atoms with E-state index in [0.29, 0.717) is 27.8 Å². The highest BCUT2D eigenvalue weighted by molar-refractivity contribution is 6.35. The van der Waals surface area contributed by atoms with Crippen LogP contribution in [0.25, 0.3) is 17.1 Å². The molecule has 0 saturated heterocycles. The SMILES string of the molecule is COc1cccc(-n2nnnc2-c2cccc(N)c2Cl)c1. The van der Waals surface area contributed by atoms with Crippen molar-refractivity contribution in [2.45, 2.75) is 0 Å². The van der Waals surface area contributed by atoms with Crippen LogP contribution in [-0.2, 0) is 0 Å². The van der Waals surface area contributed by atoms with Gasteiger partial charge in [0.15, 0.2) is 5.82 Å². The zero-order valence-electron chi connectivity index (χ0n) is 11.2. The van der Waals surface area contributed by atoms with E-state index in [0.717, 1.165) is 5.69 Å². The first kappa shape index (κ1) is 13.4. The van der Waals surface area contributed by atoms with Gasteiger partial charge in [-0.05, 0) is 34.7 Å². The van der Waals surface area contributed by atoms with Gasteiger partial charge in [-0.3, -0.25) is 0 Å². The number of hydrogen-bond acceptors (Lipinski definition) is 5. The van der Waals surface area contributed by atoms with Gasteiger partial charge in [-0.15, -0.1) is 5.10 Å². The van der Waals surface area contributed by atoms with Crippen LogP contribution in [0.4, 0.5) is 5.69 Å². The molecular formula is C14H12ClN5O. The molecule has 0 bridgehead atoms. The molecule has 0 fully saturated rings. The molecule has 0 unspecified atom stereocenters. The minimum atomic E-state index is 0.427. The molecular weight excluding hydrogens is 290 g/mol. The third-order valence-electron chi connectivity index (χ3n) is 3.04. The lowest BCUT2D eigenvalue weighted by Crippen LogP contribution is -2.01. The van der Waals surface area contributed by atoms with Gasteiger partial charge in [0.05, 0.1) is 23.5 Å². The Morgan fingerprint density at radius 1 is 1.19 bits per heavy atom. The average Bonchev–Trinajstić information content (AvgIpc) is 2.99. The lowest BCUT2D eigenvalue weighted by molar-refractivity contribution is 0.414. The van der Waals surface area contributed by atoms with Crippen molar-refractivity contribution in [1.82, 2.24) is 20.2 Å². The number of nitrogens with zero attached hydrogens (tertiary/aromatic N) is 4. The number of anilines is 1. The molecule has 21 heavy (non-hydrogen) atoms. The smallest absolute Gasteiger partial charge is 0.188 e. The molecule has 0 radical (unpaired) electrons. The van der Waals surface area contributed by atoms with Crippen molar-refractivity contribution in [2.75, 3.05) is 12.8 Å². The normalized spacial score (nSPS) is 10.6. The molecule has 6 nitrogen and oxygen atoms in total. The molecule has 0 aliphatic rings. The number of methoxy groups -OCH3 is 1.